The minimum absolute atomic E-state index is 0.166. The lowest BCUT2D eigenvalue weighted by atomic mass is 10.1. The second-order valence-corrected chi connectivity index (χ2v) is 5.20. The lowest BCUT2D eigenvalue weighted by Gasteiger charge is -2.16. The Hall–Kier alpha value is -1.82. The van der Waals surface area contributed by atoms with Crippen LogP contribution in [0, 0.1) is 20.8 Å². The van der Waals surface area contributed by atoms with Crippen molar-refractivity contribution in [2.24, 2.45) is 7.05 Å². The first-order valence-corrected chi connectivity index (χ1v) is 6.57. The summed E-state index contributed by atoms with van der Waals surface area (Å²) in [5.41, 5.74) is 2.76. The second-order valence-electron chi connectivity index (χ2n) is 4.84. The summed E-state index contributed by atoms with van der Waals surface area (Å²) in [7, 11) is 3.43. The maximum Gasteiger partial charge on any atom is 0.258 e. The van der Waals surface area contributed by atoms with Crippen LogP contribution in [0.25, 0.3) is 0 Å². The van der Waals surface area contributed by atoms with Gasteiger partial charge < -0.3 is 9.42 Å². The van der Waals surface area contributed by atoms with Gasteiger partial charge in [0.05, 0.1) is 23.5 Å². The third-order valence-corrected chi connectivity index (χ3v) is 3.72. The Kier molecular flexibility index (Phi) is 3.85. The van der Waals surface area contributed by atoms with Crippen molar-refractivity contribution >= 4 is 17.5 Å². The van der Waals surface area contributed by atoms with Gasteiger partial charge in [0.1, 0.15) is 10.9 Å². The molecular weight excluding hydrogens is 280 g/mol. The zero-order chi connectivity index (χ0) is 15.0. The van der Waals surface area contributed by atoms with Gasteiger partial charge in [-0.15, -0.1) is 0 Å². The molecule has 0 aliphatic heterocycles. The van der Waals surface area contributed by atoms with Gasteiger partial charge in [-0.25, -0.2) is 0 Å². The predicted molar refractivity (Wildman–Crippen MR) is 74.7 cm³/mol. The normalized spacial score (nSPS) is 10.9. The summed E-state index contributed by atoms with van der Waals surface area (Å²) >= 11 is 6.12. The highest BCUT2D eigenvalue weighted by Crippen LogP contribution is 2.22. The van der Waals surface area contributed by atoms with E-state index in [9.17, 15) is 4.79 Å². The molecule has 2 heterocycles. The van der Waals surface area contributed by atoms with Crippen molar-refractivity contribution in [2.45, 2.75) is 27.3 Å². The number of carbonyl (C=O) groups is 1. The fraction of sp³-hybridized carbons (Fsp3) is 0.462. The van der Waals surface area contributed by atoms with Gasteiger partial charge in [0.25, 0.3) is 5.91 Å². The molecule has 2 aromatic heterocycles. The molecule has 0 aromatic carbocycles. The third kappa shape index (κ3) is 2.43. The first-order chi connectivity index (χ1) is 9.32. The topological polar surface area (TPSA) is 64.2 Å². The van der Waals surface area contributed by atoms with Crippen LogP contribution in [0.5, 0.6) is 0 Å². The zero-order valence-corrected chi connectivity index (χ0v) is 12.9. The largest absolute Gasteiger partial charge is 0.361 e. The number of halogens is 1. The fourth-order valence-corrected chi connectivity index (χ4v) is 2.36. The molecule has 2 aromatic rings. The molecule has 0 N–H and O–H groups in total. The van der Waals surface area contributed by atoms with Crippen LogP contribution in [0.3, 0.4) is 0 Å². The average molecular weight is 297 g/mol. The van der Waals surface area contributed by atoms with Crippen LogP contribution in [0.4, 0.5) is 0 Å². The third-order valence-electron chi connectivity index (χ3n) is 3.29. The van der Waals surface area contributed by atoms with Gasteiger partial charge in [-0.2, -0.15) is 5.10 Å². The smallest absolute Gasteiger partial charge is 0.258 e. The summed E-state index contributed by atoms with van der Waals surface area (Å²) in [6, 6.07) is 0. The first-order valence-electron chi connectivity index (χ1n) is 6.19. The number of nitrogens with zero attached hydrogens (tertiary/aromatic N) is 4. The number of carbonyl (C=O) groups excluding carboxylic acids is 1. The van der Waals surface area contributed by atoms with E-state index in [1.807, 2.05) is 13.8 Å². The van der Waals surface area contributed by atoms with Gasteiger partial charge in [0.15, 0.2) is 0 Å². The van der Waals surface area contributed by atoms with E-state index in [0.29, 0.717) is 23.0 Å². The van der Waals surface area contributed by atoms with Crippen LogP contribution < -0.4 is 0 Å². The Morgan fingerprint density at radius 3 is 2.45 bits per heavy atom. The molecule has 0 spiro atoms. The van der Waals surface area contributed by atoms with Gasteiger partial charge in [-0.1, -0.05) is 16.8 Å². The van der Waals surface area contributed by atoms with E-state index in [4.69, 9.17) is 16.1 Å². The highest BCUT2D eigenvalue weighted by atomic mass is 35.5. The van der Waals surface area contributed by atoms with E-state index in [1.54, 1.807) is 25.9 Å². The maximum atomic E-state index is 12.5. The van der Waals surface area contributed by atoms with E-state index in [1.165, 1.54) is 4.68 Å². The molecular formula is C13H17ClN4O2. The van der Waals surface area contributed by atoms with Gasteiger partial charge in [-0.3, -0.25) is 9.48 Å². The molecule has 0 unspecified atom stereocenters. The van der Waals surface area contributed by atoms with Crippen molar-refractivity contribution in [3.8, 4) is 0 Å². The highest BCUT2D eigenvalue weighted by Gasteiger charge is 2.23. The van der Waals surface area contributed by atoms with Crippen molar-refractivity contribution in [1.82, 2.24) is 19.8 Å². The molecule has 0 fully saturated rings. The van der Waals surface area contributed by atoms with Crippen molar-refractivity contribution < 1.29 is 9.32 Å². The van der Waals surface area contributed by atoms with Gasteiger partial charge in [-0.05, 0) is 20.8 Å². The lowest BCUT2D eigenvalue weighted by Crippen LogP contribution is -2.27. The van der Waals surface area contributed by atoms with Crippen LogP contribution in [0.2, 0.25) is 5.15 Å². The van der Waals surface area contributed by atoms with Gasteiger partial charge >= 0.3 is 0 Å². The number of aryl methyl sites for hydroxylation is 4. The molecule has 2 rings (SSSR count). The molecule has 7 heteroatoms. The van der Waals surface area contributed by atoms with Crippen LogP contribution >= 0.6 is 11.6 Å². The van der Waals surface area contributed by atoms with Gasteiger partial charge in [0.2, 0.25) is 0 Å². The van der Waals surface area contributed by atoms with Crippen molar-refractivity contribution in [3.05, 3.63) is 33.4 Å². The zero-order valence-electron chi connectivity index (χ0n) is 12.2. The standard InChI is InChI=1S/C13H17ClN4O2/c1-7-10(9(3)20-16-7)6-17(4)13(19)11-8(2)15-18(5)12(11)14/h6H2,1-5H3. The molecule has 108 valence electrons. The Balaban J connectivity index is 2.25. The summed E-state index contributed by atoms with van der Waals surface area (Å²) in [5.74, 6) is 0.553. The Bertz CT molecular complexity index is 640. The number of hydrogen-bond acceptors (Lipinski definition) is 4. The molecule has 0 radical (unpaired) electrons. The Morgan fingerprint density at radius 2 is 2.00 bits per heavy atom. The SMILES string of the molecule is Cc1noc(C)c1CN(C)C(=O)c1c(C)nn(C)c1Cl. The van der Waals surface area contributed by atoms with Crippen LogP contribution in [0.1, 0.15) is 33.1 Å². The van der Waals surface area contributed by atoms with E-state index < -0.39 is 0 Å². The maximum absolute atomic E-state index is 12.5. The number of hydrogen-bond donors (Lipinski definition) is 0. The first kappa shape index (κ1) is 14.6. The number of aromatic nitrogens is 3. The van der Waals surface area contributed by atoms with Crippen LogP contribution in [0.15, 0.2) is 4.52 Å². The molecule has 20 heavy (non-hydrogen) atoms. The Labute approximate surface area is 122 Å². The van der Waals surface area contributed by atoms with E-state index in [0.717, 1.165) is 17.0 Å². The molecule has 0 atom stereocenters. The van der Waals surface area contributed by atoms with Gasteiger partial charge in [0, 0.05) is 19.7 Å². The van der Waals surface area contributed by atoms with Crippen molar-refractivity contribution in [1.29, 1.82) is 0 Å². The van der Waals surface area contributed by atoms with E-state index >= 15 is 0 Å². The van der Waals surface area contributed by atoms with Crippen molar-refractivity contribution in [2.75, 3.05) is 7.05 Å². The summed E-state index contributed by atoms with van der Waals surface area (Å²) < 4.78 is 6.60. The predicted octanol–water partition coefficient (Wildman–Crippen LogP) is 2.26. The molecule has 6 nitrogen and oxygen atoms in total. The fourth-order valence-electron chi connectivity index (χ4n) is 2.10. The Morgan fingerprint density at radius 1 is 1.35 bits per heavy atom. The molecule has 0 aliphatic carbocycles. The number of rotatable bonds is 3. The van der Waals surface area contributed by atoms with E-state index in [2.05, 4.69) is 10.3 Å². The summed E-state index contributed by atoms with van der Waals surface area (Å²) in [6.45, 7) is 5.87. The lowest BCUT2D eigenvalue weighted by molar-refractivity contribution is 0.0784. The second kappa shape index (κ2) is 5.28. The minimum Gasteiger partial charge on any atom is -0.361 e. The van der Waals surface area contributed by atoms with Crippen LogP contribution in [-0.4, -0.2) is 32.8 Å². The molecule has 0 aliphatic rings. The monoisotopic (exact) mass is 296 g/mol. The van der Waals surface area contributed by atoms with Crippen LogP contribution in [-0.2, 0) is 13.6 Å². The molecule has 1 amide bonds. The molecule has 0 saturated heterocycles. The molecule has 0 saturated carbocycles. The van der Waals surface area contributed by atoms with Crippen molar-refractivity contribution in [3.63, 3.8) is 0 Å². The average Bonchev–Trinajstić information content (AvgIpc) is 2.82. The van der Waals surface area contributed by atoms with E-state index in [-0.39, 0.29) is 5.91 Å². The molecule has 0 bridgehead atoms. The summed E-state index contributed by atoms with van der Waals surface area (Å²) in [5, 5.41) is 8.38. The number of amides is 1. The quantitative estimate of drug-likeness (QED) is 0.871. The summed E-state index contributed by atoms with van der Waals surface area (Å²) in [6.07, 6.45) is 0. The highest BCUT2D eigenvalue weighted by molar-refractivity contribution is 6.33. The summed E-state index contributed by atoms with van der Waals surface area (Å²) in [4.78, 5) is 14.1. The minimum atomic E-state index is -0.166.